The summed E-state index contributed by atoms with van der Waals surface area (Å²) in [5.41, 5.74) is 2.91. The summed E-state index contributed by atoms with van der Waals surface area (Å²) in [4.78, 5) is 2.65. The number of hydrogen-bond donors (Lipinski definition) is 1. The maximum absolute atomic E-state index is 3.52. The Morgan fingerprint density at radius 2 is 1.81 bits per heavy atom. The number of nitrogens with one attached hydrogen (secondary N) is 1. The molecule has 0 spiro atoms. The third kappa shape index (κ3) is 5.44. The van der Waals surface area contributed by atoms with E-state index < -0.39 is 0 Å². The number of rotatable bonds is 9. The van der Waals surface area contributed by atoms with Crippen molar-refractivity contribution in [2.24, 2.45) is 0 Å². The summed E-state index contributed by atoms with van der Waals surface area (Å²) in [6, 6.07) is 10.7. The summed E-state index contributed by atoms with van der Waals surface area (Å²) < 4.78 is 0. The molecule has 1 aromatic carbocycles. The predicted molar refractivity (Wildman–Crippen MR) is 91.7 cm³/mol. The summed E-state index contributed by atoms with van der Waals surface area (Å²) in [6.45, 7) is 12.4. The average molecular weight is 288 g/mol. The van der Waals surface area contributed by atoms with Gasteiger partial charge in [-0.25, -0.2) is 0 Å². The first-order valence-corrected chi connectivity index (χ1v) is 8.66. The molecule has 1 unspecified atom stereocenters. The van der Waals surface area contributed by atoms with Crippen molar-refractivity contribution in [3.63, 3.8) is 0 Å². The van der Waals surface area contributed by atoms with E-state index in [1.54, 1.807) is 0 Å². The van der Waals surface area contributed by atoms with Crippen molar-refractivity contribution in [2.45, 2.75) is 71.5 Å². The molecule has 118 valence electrons. The highest BCUT2D eigenvalue weighted by atomic mass is 15.2. The zero-order valence-electron chi connectivity index (χ0n) is 14.2. The Labute approximate surface area is 130 Å². The molecule has 1 aliphatic rings. The third-order valence-electron chi connectivity index (χ3n) is 4.34. The van der Waals surface area contributed by atoms with Crippen LogP contribution in [0.2, 0.25) is 0 Å². The highest BCUT2D eigenvalue weighted by molar-refractivity contribution is 5.25. The van der Waals surface area contributed by atoms with Gasteiger partial charge in [-0.15, -0.1) is 0 Å². The van der Waals surface area contributed by atoms with Gasteiger partial charge in [-0.3, -0.25) is 4.90 Å². The van der Waals surface area contributed by atoms with Gasteiger partial charge in [-0.2, -0.15) is 0 Å². The van der Waals surface area contributed by atoms with Crippen LogP contribution in [-0.4, -0.2) is 30.1 Å². The summed E-state index contributed by atoms with van der Waals surface area (Å²) in [5.74, 6) is 0.580. The molecule has 2 rings (SSSR count). The van der Waals surface area contributed by atoms with Crippen molar-refractivity contribution in [3.05, 3.63) is 35.4 Å². The first-order chi connectivity index (χ1) is 10.1. The van der Waals surface area contributed by atoms with Gasteiger partial charge in [-0.1, -0.05) is 52.0 Å². The topological polar surface area (TPSA) is 15.3 Å². The van der Waals surface area contributed by atoms with Gasteiger partial charge < -0.3 is 5.32 Å². The van der Waals surface area contributed by atoms with Crippen molar-refractivity contribution < 1.29 is 0 Å². The molecule has 2 heteroatoms. The zero-order chi connectivity index (χ0) is 15.2. The number of hydrogen-bond acceptors (Lipinski definition) is 2. The molecule has 0 aliphatic heterocycles. The van der Waals surface area contributed by atoms with Crippen molar-refractivity contribution in [1.29, 1.82) is 0 Å². The minimum Gasteiger partial charge on any atom is -0.314 e. The summed E-state index contributed by atoms with van der Waals surface area (Å²) in [7, 11) is 0. The van der Waals surface area contributed by atoms with Crippen LogP contribution in [0.15, 0.2) is 24.3 Å². The van der Waals surface area contributed by atoms with E-state index in [9.17, 15) is 0 Å². The summed E-state index contributed by atoms with van der Waals surface area (Å²) in [6.07, 6.45) is 4.05. The monoisotopic (exact) mass is 288 g/mol. The van der Waals surface area contributed by atoms with Crippen LogP contribution in [0.5, 0.6) is 0 Å². The quantitative estimate of drug-likeness (QED) is 0.734. The summed E-state index contributed by atoms with van der Waals surface area (Å²) in [5, 5.41) is 3.52. The Kier molecular flexibility index (Phi) is 6.25. The Hall–Kier alpha value is -0.860. The lowest BCUT2D eigenvalue weighted by Gasteiger charge is -2.22. The molecular formula is C19H32N2. The van der Waals surface area contributed by atoms with Crippen LogP contribution in [0.25, 0.3) is 0 Å². The molecule has 1 aromatic rings. The molecular weight excluding hydrogens is 256 g/mol. The lowest BCUT2D eigenvalue weighted by molar-refractivity contribution is 0.255. The second-order valence-corrected chi connectivity index (χ2v) is 6.91. The molecule has 1 N–H and O–H groups in total. The smallest absolute Gasteiger partial charge is 0.0236 e. The van der Waals surface area contributed by atoms with Gasteiger partial charge in [0.2, 0.25) is 0 Å². The molecule has 1 aliphatic carbocycles. The van der Waals surface area contributed by atoms with Crippen molar-refractivity contribution in [1.82, 2.24) is 10.2 Å². The standard InChI is InChI=1S/C19H32N2/c1-5-12-21(19-10-11-19)14-17-6-8-18(9-7-17)16(4)13-20-15(2)3/h6-9,15-16,19-20H,5,10-14H2,1-4H3. The van der Waals surface area contributed by atoms with Crippen LogP contribution in [0.3, 0.4) is 0 Å². The van der Waals surface area contributed by atoms with E-state index in [-0.39, 0.29) is 0 Å². The van der Waals surface area contributed by atoms with Crippen LogP contribution >= 0.6 is 0 Å². The molecule has 1 atom stereocenters. The fourth-order valence-electron chi connectivity index (χ4n) is 2.83. The Bertz CT molecular complexity index is 406. The minimum atomic E-state index is 0.563. The van der Waals surface area contributed by atoms with Crippen LogP contribution in [0.4, 0.5) is 0 Å². The molecule has 0 bridgehead atoms. The normalized spacial score (nSPS) is 16.7. The van der Waals surface area contributed by atoms with Crippen LogP contribution in [0, 0.1) is 0 Å². The van der Waals surface area contributed by atoms with E-state index in [4.69, 9.17) is 0 Å². The number of benzene rings is 1. The maximum atomic E-state index is 3.52. The van der Waals surface area contributed by atoms with Gasteiger partial charge in [0.05, 0.1) is 0 Å². The van der Waals surface area contributed by atoms with Gasteiger partial charge in [0.15, 0.2) is 0 Å². The van der Waals surface area contributed by atoms with E-state index in [0.29, 0.717) is 12.0 Å². The van der Waals surface area contributed by atoms with Crippen molar-refractivity contribution >= 4 is 0 Å². The average Bonchev–Trinajstić information content (AvgIpc) is 3.29. The molecule has 21 heavy (non-hydrogen) atoms. The van der Waals surface area contributed by atoms with E-state index in [0.717, 1.165) is 19.1 Å². The van der Waals surface area contributed by atoms with E-state index in [1.807, 2.05) is 0 Å². The minimum absolute atomic E-state index is 0.563. The highest BCUT2D eigenvalue weighted by Gasteiger charge is 2.28. The summed E-state index contributed by atoms with van der Waals surface area (Å²) >= 11 is 0. The van der Waals surface area contributed by atoms with Gasteiger partial charge in [0, 0.05) is 25.2 Å². The largest absolute Gasteiger partial charge is 0.314 e. The fourth-order valence-corrected chi connectivity index (χ4v) is 2.83. The molecule has 1 fully saturated rings. The molecule has 0 amide bonds. The highest BCUT2D eigenvalue weighted by Crippen LogP contribution is 2.28. The van der Waals surface area contributed by atoms with E-state index in [1.165, 1.54) is 36.9 Å². The second kappa shape index (κ2) is 7.95. The first-order valence-electron chi connectivity index (χ1n) is 8.66. The predicted octanol–water partition coefficient (Wildman–Crippen LogP) is 4.16. The lowest BCUT2D eigenvalue weighted by atomic mass is 9.99. The lowest BCUT2D eigenvalue weighted by Crippen LogP contribution is -2.27. The Morgan fingerprint density at radius 3 is 2.33 bits per heavy atom. The third-order valence-corrected chi connectivity index (χ3v) is 4.34. The van der Waals surface area contributed by atoms with Crippen LogP contribution in [-0.2, 0) is 6.54 Å². The first kappa shape index (κ1) is 16.5. The molecule has 1 saturated carbocycles. The van der Waals surface area contributed by atoms with Gasteiger partial charge in [0.1, 0.15) is 0 Å². The molecule has 2 nitrogen and oxygen atoms in total. The van der Waals surface area contributed by atoms with Crippen molar-refractivity contribution in [3.8, 4) is 0 Å². The van der Waals surface area contributed by atoms with Crippen LogP contribution < -0.4 is 5.32 Å². The van der Waals surface area contributed by atoms with Gasteiger partial charge >= 0.3 is 0 Å². The van der Waals surface area contributed by atoms with Crippen LogP contribution in [0.1, 0.15) is 64.0 Å². The van der Waals surface area contributed by atoms with Gasteiger partial charge in [0.25, 0.3) is 0 Å². The number of nitrogens with zero attached hydrogens (tertiary/aromatic N) is 1. The molecule has 0 saturated heterocycles. The van der Waals surface area contributed by atoms with E-state index in [2.05, 4.69) is 62.2 Å². The Balaban J connectivity index is 1.88. The fraction of sp³-hybridized carbons (Fsp3) is 0.684. The second-order valence-electron chi connectivity index (χ2n) is 6.91. The molecule has 0 aromatic heterocycles. The molecule has 0 radical (unpaired) electrons. The van der Waals surface area contributed by atoms with Gasteiger partial charge in [-0.05, 0) is 42.9 Å². The SMILES string of the molecule is CCCN(Cc1ccc(C(C)CNC(C)C)cc1)C1CC1. The van der Waals surface area contributed by atoms with E-state index >= 15 is 0 Å². The maximum Gasteiger partial charge on any atom is 0.0236 e. The van der Waals surface area contributed by atoms with Crippen molar-refractivity contribution in [2.75, 3.05) is 13.1 Å². The zero-order valence-corrected chi connectivity index (χ0v) is 14.2. The molecule has 0 heterocycles. The Morgan fingerprint density at radius 1 is 1.14 bits per heavy atom.